The number of hydroxylamine groups is 2. The molecule has 1 unspecified atom stereocenters. The fraction of sp³-hybridized carbons (Fsp3) is 0.263. The topological polar surface area (TPSA) is 140 Å². The molecule has 0 bridgehead atoms. The van der Waals surface area contributed by atoms with E-state index in [1.165, 1.54) is 5.48 Å². The van der Waals surface area contributed by atoms with Crippen molar-refractivity contribution < 1.29 is 33.1 Å². The second-order valence-corrected chi connectivity index (χ2v) is 6.82. The summed E-state index contributed by atoms with van der Waals surface area (Å²) in [4.78, 5) is 29.0. The Morgan fingerprint density at radius 2 is 1.60 bits per heavy atom. The van der Waals surface area contributed by atoms with Crippen molar-refractivity contribution in [2.24, 2.45) is 0 Å². The van der Waals surface area contributed by atoms with E-state index in [0.717, 1.165) is 5.56 Å². The minimum atomic E-state index is -2.93. The van der Waals surface area contributed by atoms with Gasteiger partial charge in [0.25, 0.3) is 5.91 Å². The van der Waals surface area contributed by atoms with Crippen LogP contribution in [0.2, 0.25) is 0 Å². The van der Waals surface area contributed by atoms with E-state index in [1.54, 1.807) is 42.5 Å². The summed E-state index contributed by atoms with van der Waals surface area (Å²) in [6.07, 6.45) is -0.905. The number of carbonyl (C=O) groups excluding carboxylic acids is 2. The zero-order chi connectivity index (χ0) is 21.8. The van der Waals surface area contributed by atoms with Gasteiger partial charge in [0.15, 0.2) is 0 Å². The first-order chi connectivity index (χ1) is 14.5. The maximum atomic E-state index is 12.0. The maximum Gasteiger partial charge on any atom is 0.407 e. The van der Waals surface area contributed by atoms with E-state index in [4.69, 9.17) is 14.8 Å². The van der Waals surface area contributed by atoms with Crippen LogP contribution in [0.25, 0.3) is 0 Å². The summed E-state index contributed by atoms with van der Waals surface area (Å²) < 4.78 is 28.6. The molecule has 2 amide bonds. The largest absolute Gasteiger partial charge is 0.758 e. The lowest BCUT2D eigenvalue weighted by Gasteiger charge is -2.30. The quantitative estimate of drug-likeness (QED) is 0.275. The van der Waals surface area contributed by atoms with Gasteiger partial charge in [-0.3, -0.25) is 19.0 Å². The van der Waals surface area contributed by atoms with Crippen LogP contribution >= 0.6 is 0 Å². The average molecular weight is 436 g/mol. The van der Waals surface area contributed by atoms with Gasteiger partial charge in [0.1, 0.15) is 12.6 Å². The monoisotopic (exact) mass is 436 g/mol. The van der Waals surface area contributed by atoms with Crippen molar-refractivity contribution in [2.45, 2.75) is 25.7 Å². The standard InChI is InChI=1S/C19H23N3O7S/c23-18(21-25)17(22(30(26)27)29-14-16-9-5-2-6-10-16)11-12-20-19(24)28-13-15-7-3-1-4-8-15/h1-10,17,25H,11-14H2,(H,20,24)(H,21,23)(H,26,27)/p-1/t17-/m1/s1. The van der Waals surface area contributed by atoms with Crippen LogP contribution in [0.4, 0.5) is 4.79 Å². The normalized spacial score (nSPS) is 12.8. The van der Waals surface area contributed by atoms with Crippen LogP contribution in [-0.2, 0) is 38.8 Å². The maximum absolute atomic E-state index is 12.0. The number of rotatable bonds is 11. The number of nitrogens with zero attached hydrogens (tertiary/aromatic N) is 1. The number of carbonyl (C=O) groups is 2. The molecular weight excluding hydrogens is 414 g/mol. The SMILES string of the molecule is O=C(NCC[C@H](C(=O)NO)N(OCc1ccccc1)S(=O)[O-])OCc1ccccc1. The van der Waals surface area contributed by atoms with Crippen LogP contribution in [-0.4, -0.2) is 43.0 Å². The predicted octanol–water partition coefficient (Wildman–Crippen LogP) is 1.40. The Morgan fingerprint density at radius 3 is 2.13 bits per heavy atom. The molecule has 0 saturated heterocycles. The van der Waals surface area contributed by atoms with Crippen LogP contribution in [0.5, 0.6) is 0 Å². The first kappa shape index (κ1) is 23.4. The molecule has 11 heteroatoms. The fourth-order valence-corrected chi connectivity index (χ4v) is 2.99. The Balaban J connectivity index is 1.88. The Bertz CT molecular complexity index is 823. The number of nitrogens with one attached hydrogen (secondary N) is 2. The summed E-state index contributed by atoms with van der Waals surface area (Å²) in [5, 5.41) is 11.4. The second-order valence-electron chi connectivity index (χ2n) is 6.03. The molecule has 0 aromatic heterocycles. The van der Waals surface area contributed by atoms with Gasteiger partial charge in [-0.15, -0.1) is 4.47 Å². The molecule has 2 rings (SSSR count). The van der Waals surface area contributed by atoms with E-state index in [0.29, 0.717) is 10.0 Å². The minimum absolute atomic E-state index is 0.0596. The van der Waals surface area contributed by atoms with Gasteiger partial charge in [0.05, 0.1) is 6.61 Å². The highest BCUT2D eigenvalue weighted by molar-refractivity contribution is 7.76. The lowest BCUT2D eigenvalue weighted by molar-refractivity contribution is -0.159. The zero-order valence-electron chi connectivity index (χ0n) is 15.9. The van der Waals surface area contributed by atoms with Gasteiger partial charge >= 0.3 is 6.09 Å². The first-order valence-electron chi connectivity index (χ1n) is 8.95. The Labute approximate surface area is 176 Å². The van der Waals surface area contributed by atoms with Crippen molar-refractivity contribution in [1.29, 1.82) is 0 Å². The van der Waals surface area contributed by atoms with Crippen molar-refractivity contribution in [3.05, 3.63) is 71.8 Å². The van der Waals surface area contributed by atoms with Crippen molar-refractivity contribution in [2.75, 3.05) is 6.54 Å². The summed E-state index contributed by atoms with van der Waals surface area (Å²) >= 11 is -2.93. The summed E-state index contributed by atoms with van der Waals surface area (Å²) in [7, 11) is 0. The van der Waals surface area contributed by atoms with Crippen LogP contribution in [0.15, 0.2) is 60.7 Å². The summed E-state index contributed by atoms with van der Waals surface area (Å²) in [6, 6.07) is 16.4. The third-order valence-electron chi connectivity index (χ3n) is 3.92. The molecule has 30 heavy (non-hydrogen) atoms. The molecule has 2 aromatic rings. The molecule has 0 aliphatic carbocycles. The van der Waals surface area contributed by atoms with E-state index < -0.39 is 29.3 Å². The molecule has 10 nitrogen and oxygen atoms in total. The van der Waals surface area contributed by atoms with Crippen molar-refractivity contribution in [1.82, 2.24) is 15.3 Å². The molecule has 2 atom stereocenters. The van der Waals surface area contributed by atoms with Gasteiger partial charge in [-0.25, -0.2) is 10.3 Å². The molecule has 0 spiro atoms. The van der Waals surface area contributed by atoms with Crippen molar-refractivity contribution in [3.63, 3.8) is 0 Å². The van der Waals surface area contributed by atoms with Crippen LogP contribution in [0.3, 0.4) is 0 Å². The van der Waals surface area contributed by atoms with E-state index in [2.05, 4.69) is 5.32 Å². The van der Waals surface area contributed by atoms with E-state index in [9.17, 15) is 18.4 Å². The Kier molecular flexibility index (Phi) is 9.91. The predicted molar refractivity (Wildman–Crippen MR) is 105 cm³/mol. The molecule has 0 saturated carbocycles. The molecule has 0 heterocycles. The fourth-order valence-electron chi connectivity index (χ4n) is 2.44. The Morgan fingerprint density at radius 1 is 1.03 bits per heavy atom. The molecule has 3 N–H and O–H groups in total. The molecule has 0 aliphatic heterocycles. The molecular formula is C19H22N3O7S-. The average Bonchev–Trinajstić information content (AvgIpc) is 2.77. The van der Waals surface area contributed by atoms with Gasteiger partial charge in [-0.1, -0.05) is 60.7 Å². The van der Waals surface area contributed by atoms with E-state index in [-0.39, 0.29) is 26.2 Å². The molecule has 0 radical (unpaired) electrons. The zero-order valence-corrected chi connectivity index (χ0v) is 16.7. The first-order valence-corrected chi connectivity index (χ1v) is 9.98. The van der Waals surface area contributed by atoms with E-state index in [1.807, 2.05) is 18.2 Å². The highest BCUT2D eigenvalue weighted by Crippen LogP contribution is 2.11. The smallest absolute Gasteiger partial charge is 0.407 e. The number of amides is 2. The van der Waals surface area contributed by atoms with Gasteiger partial charge in [-0.05, 0) is 17.5 Å². The number of hydrogen-bond donors (Lipinski definition) is 3. The summed E-state index contributed by atoms with van der Waals surface area (Å²) in [5.41, 5.74) is 2.88. The van der Waals surface area contributed by atoms with Gasteiger partial charge in [-0.2, -0.15) is 0 Å². The Hall–Kier alpha value is -2.83. The third-order valence-corrected chi connectivity index (χ3v) is 4.57. The van der Waals surface area contributed by atoms with Crippen LogP contribution in [0.1, 0.15) is 17.5 Å². The minimum Gasteiger partial charge on any atom is -0.758 e. The number of ether oxygens (including phenoxy) is 1. The lowest BCUT2D eigenvalue weighted by Crippen LogP contribution is -2.48. The molecule has 162 valence electrons. The van der Waals surface area contributed by atoms with Gasteiger partial charge < -0.3 is 14.6 Å². The third kappa shape index (κ3) is 7.89. The number of benzene rings is 2. The van der Waals surface area contributed by atoms with Crippen molar-refractivity contribution >= 4 is 23.3 Å². The second kappa shape index (κ2) is 12.7. The molecule has 2 aromatic carbocycles. The number of alkyl carbamates (subject to hydrolysis) is 1. The summed E-state index contributed by atoms with van der Waals surface area (Å²) in [5.74, 6) is -1.01. The van der Waals surface area contributed by atoms with Gasteiger partial charge in [0.2, 0.25) is 0 Å². The van der Waals surface area contributed by atoms with E-state index >= 15 is 0 Å². The van der Waals surface area contributed by atoms with Gasteiger partial charge in [0, 0.05) is 17.8 Å². The van der Waals surface area contributed by atoms with Crippen LogP contribution in [0, 0.1) is 0 Å². The molecule has 0 aliphatic rings. The molecule has 0 fully saturated rings. The van der Waals surface area contributed by atoms with Crippen molar-refractivity contribution in [3.8, 4) is 0 Å². The van der Waals surface area contributed by atoms with Crippen LogP contribution < -0.4 is 10.8 Å². The highest BCUT2D eigenvalue weighted by Gasteiger charge is 2.28. The lowest BCUT2D eigenvalue weighted by atomic mass is 10.2. The number of hydrogen-bond acceptors (Lipinski definition) is 7. The highest BCUT2D eigenvalue weighted by atomic mass is 32.2. The summed E-state index contributed by atoms with van der Waals surface area (Å²) in [6.45, 7) is -0.158.